The van der Waals surface area contributed by atoms with Gasteiger partial charge in [-0.1, -0.05) is 35.9 Å². The Hall–Kier alpha value is -4.54. The summed E-state index contributed by atoms with van der Waals surface area (Å²) in [5.41, 5.74) is 3.42. The molecule has 0 amide bonds. The van der Waals surface area contributed by atoms with Crippen molar-refractivity contribution in [1.29, 1.82) is 0 Å². The average Bonchev–Trinajstić information content (AvgIpc) is 3.63. The van der Waals surface area contributed by atoms with Gasteiger partial charge in [-0.05, 0) is 24.3 Å². The molecule has 36 heavy (non-hydrogen) atoms. The Morgan fingerprint density at radius 1 is 0.972 bits per heavy atom. The van der Waals surface area contributed by atoms with E-state index in [1.807, 2.05) is 58.6 Å². The fourth-order valence-electron chi connectivity index (χ4n) is 4.18. The van der Waals surface area contributed by atoms with Crippen molar-refractivity contribution in [3.8, 4) is 16.9 Å². The SMILES string of the molecule is O=c1c2cnc(Nc3ccc(-c4cn5ccsc5n4)cc3)nc2n2ccnc2n1-c1ccccc1Cl. The lowest BCUT2D eigenvalue weighted by Gasteiger charge is -2.12. The lowest BCUT2D eigenvalue weighted by Crippen LogP contribution is -2.22. The number of hydrogen-bond donors (Lipinski definition) is 1. The van der Waals surface area contributed by atoms with Crippen LogP contribution in [0.4, 0.5) is 11.6 Å². The van der Waals surface area contributed by atoms with Crippen molar-refractivity contribution < 1.29 is 0 Å². The highest BCUT2D eigenvalue weighted by Crippen LogP contribution is 2.25. The van der Waals surface area contributed by atoms with Crippen LogP contribution in [0.2, 0.25) is 5.02 Å². The minimum Gasteiger partial charge on any atom is -0.324 e. The van der Waals surface area contributed by atoms with Crippen molar-refractivity contribution in [2.45, 2.75) is 0 Å². The highest BCUT2D eigenvalue weighted by atomic mass is 35.5. The fourth-order valence-corrected chi connectivity index (χ4v) is 5.10. The third kappa shape index (κ3) is 3.27. The monoisotopic (exact) mass is 510 g/mol. The van der Waals surface area contributed by atoms with Crippen LogP contribution in [0.3, 0.4) is 0 Å². The second kappa shape index (κ2) is 8.01. The van der Waals surface area contributed by atoms with E-state index in [-0.39, 0.29) is 5.56 Å². The van der Waals surface area contributed by atoms with E-state index in [2.05, 4.69) is 25.3 Å². The number of halogens is 1. The van der Waals surface area contributed by atoms with E-state index in [9.17, 15) is 4.79 Å². The summed E-state index contributed by atoms with van der Waals surface area (Å²) >= 11 is 7.98. The predicted octanol–water partition coefficient (Wildman–Crippen LogP) is 5.20. The molecule has 0 saturated heterocycles. The van der Waals surface area contributed by atoms with Gasteiger partial charge in [-0.3, -0.25) is 13.6 Å². The van der Waals surface area contributed by atoms with Crippen molar-refractivity contribution >= 4 is 56.3 Å². The minimum atomic E-state index is -0.298. The molecule has 0 aliphatic rings. The van der Waals surface area contributed by atoms with Gasteiger partial charge in [-0.25, -0.2) is 19.5 Å². The third-order valence-corrected chi connectivity index (χ3v) is 6.97. The molecule has 0 radical (unpaired) electrons. The molecule has 0 aliphatic carbocycles. The molecular weight excluding hydrogens is 496 g/mol. The Labute approximate surface area is 211 Å². The first-order valence-electron chi connectivity index (χ1n) is 10.9. The maximum atomic E-state index is 13.4. The number of nitrogens with one attached hydrogen (secondary N) is 1. The van der Waals surface area contributed by atoms with Crippen LogP contribution in [0.15, 0.2) is 89.7 Å². The van der Waals surface area contributed by atoms with E-state index in [1.165, 1.54) is 10.8 Å². The summed E-state index contributed by atoms with van der Waals surface area (Å²) in [5, 5.41) is 6.02. The summed E-state index contributed by atoms with van der Waals surface area (Å²) < 4.78 is 5.23. The second-order valence-corrected chi connectivity index (χ2v) is 9.32. The Morgan fingerprint density at radius 3 is 2.67 bits per heavy atom. The van der Waals surface area contributed by atoms with E-state index in [4.69, 9.17) is 11.6 Å². The zero-order valence-electron chi connectivity index (χ0n) is 18.4. The number of rotatable bonds is 4. The number of fused-ring (bicyclic) bond motifs is 4. The minimum absolute atomic E-state index is 0.298. The Bertz CT molecular complexity index is 1940. The van der Waals surface area contributed by atoms with Crippen LogP contribution in [0.5, 0.6) is 0 Å². The van der Waals surface area contributed by atoms with Gasteiger partial charge in [-0.15, -0.1) is 11.3 Å². The van der Waals surface area contributed by atoms with Crippen molar-refractivity contribution in [3.63, 3.8) is 0 Å². The zero-order valence-corrected chi connectivity index (χ0v) is 20.0. The highest BCUT2D eigenvalue weighted by molar-refractivity contribution is 7.15. The van der Waals surface area contributed by atoms with Gasteiger partial charge in [0.05, 0.1) is 16.4 Å². The number of anilines is 2. The molecule has 0 atom stereocenters. The van der Waals surface area contributed by atoms with Gasteiger partial charge in [0.15, 0.2) is 10.6 Å². The molecular formula is C25H15ClN8OS. The molecule has 11 heteroatoms. The molecule has 0 spiro atoms. The number of benzene rings is 2. The first kappa shape index (κ1) is 20.8. The molecule has 2 aromatic carbocycles. The number of aromatic nitrogens is 7. The molecule has 174 valence electrons. The van der Waals surface area contributed by atoms with Crippen LogP contribution in [-0.4, -0.2) is 33.3 Å². The topological polar surface area (TPSA) is 94.4 Å². The standard InChI is InChI=1S/C25H15ClN8OS/c26-18-3-1-2-4-20(18)34-22(35)17-13-28-23(31-21(17)33-10-9-27-24(33)34)29-16-7-5-15(6-8-16)19-14-32-11-12-36-25(32)30-19/h1-14H,(H,28,29,31). The van der Waals surface area contributed by atoms with Gasteiger partial charge in [-0.2, -0.15) is 4.98 Å². The zero-order chi connectivity index (χ0) is 24.2. The smallest absolute Gasteiger partial charge is 0.270 e. The average molecular weight is 511 g/mol. The normalized spacial score (nSPS) is 11.6. The number of hydrogen-bond acceptors (Lipinski definition) is 7. The first-order valence-corrected chi connectivity index (χ1v) is 12.2. The van der Waals surface area contributed by atoms with Crippen molar-refractivity contribution in [2.24, 2.45) is 0 Å². The van der Waals surface area contributed by atoms with Gasteiger partial charge in [0, 0.05) is 47.6 Å². The maximum Gasteiger partial charge on any atom is 0.270 e. The number of thiazole rings is 1. The molecule has 0 bridgehead atoms. The summed E-state index contributed by atoms with van der Waals surface area (Å²) in [5.74, 6) is 0.775. The summed E-state index contributed by atoms with van der Waals surface area (Å²) in [7, 11) is 0. The van der Waals surface area contributed by atoms with Gasteiger partial charge >= 0.3 is 0 Å². The van der Waals surface area contributed by atoms with Crippen LogP contribution in [-0.2, 0) is 0 Å². The molecule has 0 saturated carbocycles. The van der Waals surface area contributed by atoms with Crippen molar-refractivity contribution in [2.75, 3.05) is 5.32 Å². The molecule has 9 nitrogen and oxygen atoms in total. The molecule has 0 fully saturated rings. The first-order chi connectivity index (χ1) is 17.7. The summed E-state index contributed by atoms with van der Waals surface area (Å²) in [6, 6.07) is 15.0. The summed E-state index contributed by atoms with van der Waals surface area (Å²) in [4.78, 5) is 32.4. The quantitative estimate of drug-likeness (QED) is 0.349. The van der Waals surface area contributed by atoms with Crippen LogP contribution >= 0.6 is 22.9 Å². The summed E-state index contributed by atoms with van der Waals surface area (Å²) in [6.45, 7) is 0. The lowest BCUT2D eigenvalue weighted by molar-refractivity contribution is 0.961. The molecule has 7 rings (SSSR count). The Morgan fingerprint density at radius 2 is 1.83 bits per heavy atom. The summed E-state index contributed by atoms with van der Waals surface area (Å²) in [6.07, 6.45) is 8.89. The fraction of sp³-hybridized carbons (Fsp3) is 0. The van der Waals surface area contributed by atoms with Gasteiger partial charge in [0.2, 0.25) is 11.7 Å². The molecule has 0 aliphatic heterocycles. The second-order valence-electron chi connectivity index (χ2n) is 8.04. The third-order valence-electron chi connectivity index (χ3n) is 5.87. The van der Waals surface area contributed by atoms with Gasteiger partial charge in [0.25, 0.3) is 5.56 Å². The van der Waals surface area contributed by atoms with Crippen LogP contribution in [0.25, 0.3) is 38.7 Å². The van der Waals surface area contributed by atoms with E-state index in [0.29, 0.717) is 33.5 Å². The van der Waals surface area contributed by atoms with E-state index >= 15 is 0 Å². The lowest BCUT2D eigenvalue weighted by atomic mass is 10.1. The molecule has 1 N–H and O–H groups in total. The van der Waals surface area contributed by atoms with E-state index in [1.54, 1.807) is 40.3 Å². The highest BCUT2D eigenvalue weighted by Gasteiger charge is 2.17. The number of para-hydroxylation sites is 1. The number of imidazole rings is 2. The van der Waals surface area contributed by atoms with E-state index < -0.39 is 0 Å². The number of nitrogens with zero attached hydrogens (tertiary/aromatic N) is 7. The van der Waals surface area contributed by atoms with Gasteiger partial charge in [0.1, 0.15) is 5.39 Å². The molecule has 0 unspecified atom stereocenters. The van der Waals surface area contributed by atoms with E-state index in [0.717, 1.165) is 21.9 Å². The maximum absolute atomic E-state index is 13.4. The predicted molar refractivity (Wildman–Crippen MR) is 141 cm³/mol. The molecule has 5 heterocycles. The van der Waals surface area contributed by atoms with Crippen molar-refractivity contribution in [1.82, 2.24) is 33.3 Å². The van der Waals surface area contributed by atoms with Crippen LogP contribution < -0.4 is 10.9 Å². The van der Waals surface area contributed by atoms with Crippen molar-refractivity contribution in [3.05, 3.63) is 100 Å². The largest absolute Gasteiger partial charge is 0.324 e. The Balaban J connectivity index is 1.27. The van der Waals surface area contributed by atoms with Crippen LogP contribution in [0, 0.1) is 0 Å². The molecule has 7 aromatic rings. The molecule has 5 aromatic heterocycles. The van der Waals surface area contributed by atoms with Crippen LogP contribution in [0.1, 0.15) is 0 Å². The Kier molecular flexibility index (Phi) is 4.63. The van der Waals surface area contributed by atoms with Gasteiger partial charge < -0.3 is 5.32 Å².